The van der Waals surface area contributed by atoms with E-state index in [2.05, 4.69) is 0 Å². The third kappa shape index (κ3) is 6.95. The first-order valence-corrected chi connectivity index (χ1v) is 9.14. The summed E-state index contributed by atoms with van der Waals surface area (Å²) in [7, 11) is -7.20. The number of hydrogen-bond acceptors (Lipinski definition) is 6. The molecule has 0 aromatic heterocycles. The van der Waals surface area contributed by atoms with E-state index in [1.54, 1.807) is 20.8 Å². The van der Waals surface area contributed by atoms with Crippen LogP contribution in [0.15, 0.2) is 0 Å². The van der Waals surface area contributed by atoms with Gasteiger partial charge in [0, 0.05) is 6.26 Å². The van der Waals surface area contributed by atoms with Crippen LogP contribution in [0.3, 0.4) is 0 Å². The molecule has 0 aliphatic heterocycles. The van der Waals surface area contributed by atoms with E-state index < -0.39 is 48.0 Å². The predicted octanol–water partition coefficient (Wildman–Crippen LogP) is 0.176. The lowest BCUT2D eigenvalue weighted by atomic mass is 10.2. The van der Waals surface area contributed by atoms with Gasteiger partial charge in [0.2, 0.25) is 0 Å². The number of carbonyl (C=O) groups excluding carboxylic acids is 1. The summed E-state index contributed by atoms with van der Waals surface area (Å²) < 4.78 is 50.3. The van der Waals surface area contributed by atoms with Gasteiger partial charge in [-0.3, -0.25) is 4.79 Å². The molecule has 0 amide bonds. The lowest BCUT2D eigenvalue weighted by Gasteiger charge is -2.22. The summed E-state index contributed by atoms with van der Waals surface area (Å²) in [6.45, 7) is 6.08. The summed E-state index contributed by atoms with van der Waals surface area (Å²) in [6, 6.07) is 0. The SMILES string of the molecule is CC(C(=O)OC(C)(C)C)S(=O)(=O)CCS(C)(=O)=O. The molecular weight excluding hydrogens is 280 g/mol. The van der Waals surface area contributed by atoms with Gasteiger partial charge in [0.1, 0.15) is 15.4 Å². The number of esters is 1. The first kappa shape index (κ1) is 17.4. The summed E-state index contributed by atoms with van der Waals surface area (Å²) in [5.74, 6) is -1.94. The standard InChI is InChI=1S/C10H20O6S2/c1-8(9(11)16-10(2,3)4)18(14,15)7-6-17(5,12)13/h8H,6-7H2,1-5H3. The number of sulfone groups is 2. The molecule has 0 spiro atoms. The fourth-order valence-electron chi connectivity index (χ4n) is 0.976. The smallest absolute Gasteiger partial charge is 0.324 e. The molecule has 8 heteroatoms. The summed E-state index contributed by atoms with van der Waals surface area (Å²) in [5.41, 5.74) is -0.780. The average molecular weight is 300 g/mol. The van der Waals surface area contributed by atoms with Gasteiger partial charge in [0.05, 0.1) is 11.5 Å². The largest absolute Gasteiger partial charge is 0.459 e. The van der Waals surface area contributed by atoms with E-state index in [1.165, 1.54) is 6.92 Å². The van der Waals surface area contributed by atoms with Crippen LogP contribution >= 0.6 is 0 Å². The van der Waals surface area contributed by atoms with Crippen LogP contribution in [0.4, 0.5) is 0 Å². The topological polar surface area (TPSA) is 94.6 Å². The molecule has 0 rings (SSSR count). The monoisotopic (exact) mass is 300 g/mol. The fraction of sp³-hybridized carbons (Fsp3) is 0.900. The molecular formula is C10H20O6S2. The van der Waals surface area contributed by atoms with Crippen LogP contribution in [-0.2, 0) is 29.2 Å². The molecule has 6 nitrogen and oxygen atoms in total. The molecule has 0 aromatic rings. The van der Waals surface area contributed by atoms with Crippen LogP contribution in [0.5, 0.6) is 0 Å². The van der Waals surface area contributed by atoms with E-state index >= 15 is 0 Å². The maximum Gasteiger partial charge on any atom is 0.324 e. The second kappa shape index (κ2) is 5.56. The molecule has 18 heavy (non-hydrogen) atoms. The minimum Gasteiger partial charge on any atom is -0.459 e. The molecule has 0 heterocycles. The Balaban J connectivity index is 4.77. The highest BCUT2D eigenvalue weighted by Crippen LogP contribution is 2.12. The van der Waals surface area contributed by atoms with E-state index in [4.69, 9.17) is 4.74 Å². The average Bonchev–Trinajstić information content (AvgIpc) is 2.10. The Morgan fingerprint density at radius 3 is 1.89 bits per heavy atom. The molecule has 0 aliphatic rings. The Morgan fingerprint density at radius 1 is 1.11 bits per heavy atom. The molecule has 0 fully saturated rings. The van der Waals surface area contributed by atoms with Crippen molar-refractivity contribution in [1.29, 1.82) is 0 Å². The second-order valence-electron chi connectivity index (χ2n) is 5.17. The highest BCUT2D eigenvalue weighted by Gasteiger charge is 2.32. The van der Waals surface area contributed by atoms with Crippen molar-refractivity contribution < 1.29 is 26.4 Å². The number of ether oxygens (including phenoxy) is 1. The van der Waals surface area contributed by atoms with Crippen molar-refractivity contribution in [3.05, 3.63) is 0 Å². The lowest BCUT2D eigenvalue weighted by Crippen LogP contribution is -2.37. The zero-order chi connectivity index (χ0) is 14.8. The second-order valence-corrected chi connectivity index (χ2v) is 9.87. The summed E-state index contributed by atoms with van der Waals surface area (Å²) in [4.78, 5) is 11.6. The van der Waals surface area contributed by atoms with Crippen LogP contribution < -0.4 is 0 Å². The molecule has 0 radical (unpaired) electrons. The number of hydrogen-bond donors (Lipinski definition) is 0. The first-order valence-electron chi connectivity index (χ1n) is 5.37. The van der Waals surface area contributed by atoms with Gasteiger partial charge in [-0.25, -0.2) is 16.8 Å². The number of carbonyl (C=O) groups is 1. The van der Waals surface area contributed by atoms with Crippen LogP contribution in [0.1, 0.15) is 27.7 Å². The Kier molecular flexibility index (Phi) is 5.37. The van der Waals surface area contributed by atoms with Crippen LogP contribution in [0, 0.1) is 0 Å². The highest BCUT2D eigenvalue weighted by molar-refractivity contribution is 7.95. The minimum atomic E-state index is -3.82. The van der Waals surface area contributed by atoms with Crippen molar-refractivity contribution in [2.24, 2.45) is 0 Å². The van der Waals surface area contributed by atoms with Crippen molar-refractivity contribution >= 4 is 25.6 Å². The Bertz CT molecular complexity index is 495. The zero-order valence-electron chi connectivity index (χ0n) is 11.3. The molecule has 108 valence electrons. The molecule has 0 saturated heterocycles. The zero-order valence-corrected chi connectivity index (χ0v) is 12.9. The predicted molar refractivity (Wildman–Crippen MR) is 68.8 cm³/mol. The normalized spacial score (nSPS) is 15.2. The maximum absolute atomic E-state index is 11.7. The van der Waals surface area contributed by atoms with E-state index in [1.807, 2.05) is 0 Å². The van der Waals surface area contributed by atoms with E-state index in [9.17, 15) is 21.6 Å². The van der Waals surface area contributed by atoms with Gasteiger partial charge in [0.25, 0.3) is 0 Å². The van der Waals surface area contributed by atoms with Crippen LogP contribution in [0.25, 0.3) is 0 Å². The highest BCUT2D eigenvalue weighted by atomic mass is 32.2. The Labute approximate surface area is 109 Å². The summed E-state index contributed by atoms with van der Waals surface area (Å²) in [6.07, 6.45) is 0.945. The summed E-state index contributed by atoms with van der Waals surface area (Å²) >= 11 is 0. The number of rotatable bonds is 5. The quantitative estimate of drug-likeness (QED) is 0.672. The van der Waals surface area contributed by atoms with Crippen molar-refractivity contribution in [1.82, 2.24) is 0 Å². The van der Waals surface area contributed by atoms with Crippen LogP contribution in [0.2, 0.25) is 0 Å². The van der Waals surface area contributed by atoms with Gasteiger partial charge in [0.15, 0.2) is 15.1 Å². The minimum absolute atomic E-state index is 0.498. The molecule has 0 saturated carbocycles. The fourth-order valence-corrected chi connectivity index (χ4v) is 3.81. The van der Waals surface area contributed by atoms with Crippen molar-refractivity contribution in [2.45, 2.75) is 38.5 Å². The molecule has 1 unspecified atom stereocenters. The van der Waals surface area contributed by atoms with E-state index in [0.29, 0.717) is 0 Å². The van der Waals surface area contributed by atoms with Gasteiger partial charge >= 0.3 is 5.97 Å². The van der Waals surface area contributed by atoms with E-state index in [-0.39, 0.29) is 0 Å². The third-order valence-corrected chi connectivity index (χ3v) is 5.26. The van der Waals surface area contributed by atoms with Gasteiger partial charge in [-0.15, -0.1) is 0 Å². The van der Waals surface area contributed by atoms with Gasteiger partial charge < -0.3 is 4.74 Å². The molecule has 0 N–H and O–H groups in total. The first-order chi connectivity index (χ1) is 7.75. The van der Waals surface area contributed by atoms with Crippen molar-refractivity contribution in [3.63, 3.8) is 0 Å². The van der Waals surface area contributed by atoms with Crippen molar-refractivity contribution in [3.8, 4) is 0 Å². The van der Waals surface area contributed by atoms with Gasteiger partial charge in [-0.1, -0.05) is 0 Å². The third-order valence-electron chi connectivity index (χ3n) is 2.02. The maximum atomic E-state index is 11.7. The Hall–Kier alpha value is -0.630. The van der Waals surface area contributed by atoms with Crippen molar-refractivity contribution in [2.75, 3.05) is 17.8 Å². The van der Waals surface area contributed by atoms with E-state index in [0.717, 1.165) is 6.26 Å². The summed E-state index contributed by atoms with van der Waals surface area (Å²) in [5, 5.41) is -1.36. The molecule has 1 atom stereocenters. The molecule has 0 aliphatic carbocycles. The van der Waals surface area contributed by atoms with Gasteiger partial charge in [-0.2, -0.15) is 0 Å². The van der Waals surface area contributed by atoms with Crippen LogP contribution in [-0.4, -0.2) is 51.4 Å². The lowest BCUT2D eigenvalue weighted by molar-refractivity contribution is -0.153. The Morgan fingerprint density at radius 2 is 1.56 bits per heavy atom. The molecule has 0 aromatic carbocycles. The molecule has 0 bridgehead atoms. The van der Waals surface area contributed by atoms with Gasteiger partial charge in [-0.05, 0) is 27.7 Å².